The summed E-state index contributed by atoms with van der Waals surface area (Å²) >= 11 is 0. The number of fused-ring (bicyclic) bond motifs is 2. The minimum Gasteiger partial charge on any atom is -0.461 e. The van der Waals surface area contributed by atoms with Crippen molar-refractivity contribution in [1.29, 1.82) is 0 Å². The molecule has 1 N–H and O–H groups in total. The van der Waals surface area contributed by atoms with Gasteiger partial charge < -0.3 is 9.73 Å². The number of hydrogen-bond acceptors (Lipinski definition) is 6. The SMILES string of the molecule is Cc1ccccc1CCNc1ncc(CN2CCc3ccccc3C2)c2nc(-c3ccco3)nn12. The molecule has 176 valence electrons. The number of aryl methyl sites for hydroxylation is 1. The molecule has 0 saturated heterocycles. The Labute approximate surface area is 204 Å². The summed E-state index contributed by atoms with van der Waals surface area (Å²) < 4.78 is 7.40. The molecule has 5 aromatic rings. The van der Waals surface area contributed by atoms with Crippen LogP contribution in [0.15, 0.2) is 77.5 Å². The molecule has 0 radical (unpaired) electrons. The molecule has 7 nitrogen and oxygen atoms in total. The van der Waals surface area contributed by atoms with Crippen LogP contribution in [-0.4, -0.2) is 37.6 Å². The highest BCUT2D eigenvalue weighted by atomic mass is 16.3. The van der Waals surface area contributed by atoms with Crippen LogP contribution >= 0.6 is 0 Å². The molecular formula is C28H28N6O. The highest BCUT2D eigenvalue weighted by molar-refractivity contribution is 5.58. The maximum atomic E-state index is 5.58. The fraction of sp³-hybridized carbons (Fsp3) is 0.250. The zero-order valence-electron chi connectivity index (χ0n) is 19.8. The summed E-state index contributed by atoms with van der Waals surface area (Å²) in [6, 6.07) is 20.9. The van der Waals surface area contributed by atoms with Gasteiger partial charge in [-0.15, -0.1) is 5.10 Å². The van der Waals surface area contributed by atoms with Crippen LogP contribution in [0.1, 0.15) is 27.8 Å². The Morgan fingerprint density at radius 3 is 2.69 bits per heavy atom. The number of hydrogen-bond donors (Lipinski definition) is 1. The summed E-state index contributed by atoms with van der Waals surface area (Å²) in [5.41, 5.74) is 7.33. The molecule has 0 saturated carbocycles. The van der Waals surface area contributed by atoms with Crippen LogP contribution in [0.5, 0.6) is 0 Å². The Morgan fingerprint density at radius 1 is 0.971 bits per heavy atom. The smallest absolute Gasteiger partial charge is 0.225 e. The number of anilines is 1. The molecule has 6 rings (SSSR count). The molecule has 1 aliphatic heterocycles. The van der Waals surface area contributed by atoms with E-state index in [4.69, 9.17) is 19.5 Å². The van der Waals surface area contributed by atoms with E-state index in [1.807, 2.05) is 22.8 Å². The van der Waals surface area contributed by atoms with Gasteiger partial charge in [0.2, 0.25) is 11.8 Å². The second-order valence-corrected chi connectivity index (χ2v) is 9.09. The van der Waals surface area contributed by atoms with E-state index in [0.717, 1.165) is 50.2 Å². The quantitative estimate of drug-likeness (QED) is 0.369. The van der Waals surface area contributed by atoms with Gasteiger partial charge >= 0.3 is 0 Å². The first-order chi connectivity index (χ1) is 17.2. The molecule has 0 atom stereocenters. The van der Waals surface area contributed by atoms with Crippen LogP contribution < -0.4 is 5.32 Å². The van der Waals surface area contributed by atoms with Crippen LogP contribution in [0.25, 0.3) is 17.2 Å². The van der Waals surface area contributed by atoms with E-state index < -0.39 is 0 Å². The number of furan rings is 1. The first kappa shape index (κ1) is 21.6. The van der Waals surface area contributed by atoms with Gasteiger partial charge in [0.15, 0.2) is 11.4 Å². The molecule has 3 aromatic heterocycles. The monoisotopic (exact) mass is 464 g/mol. The summed E-state index contributed by atoms with van der Waals surface area (Å²) in [7, 11) is 0. The lowest BCUT2D eigenvalue weighted by Gasteiger charge is -2.28. The lowest BCUT2D eigenvalue weighted by molar-refractivity contribution is 0.246. The van der Waals surface area contributed by atoms with Crippen LogP contribution in [0.4, 0.5) is 5.95 Å². The van der Waals surface area contributed by atoms with E-state index in [0.29, 0.717) is 17.5 Å². The summed E-state index contributed by atoms with van der Waals surface area (Å²) in [5.74, 6) is 1.90. The predicted octanol–water partition coefficient (Wildman–Crippen LogP) is 4.91. The molecule has 7 heteroatoms. The molecule has 35 heavy (non-hydrogen) atoms. The summed E-state index contributed by atoms with van der Waals surface area (Å²) in [6.45, 7) is 5.61. The largest absolute Gasteiger partial charge is 0.461 e. The summed E-state index contributed by atoms with van der Waals surface area (Å²) in [5, 5.41) is 8.23. The average molecular weight is 465 g/mol. The van der Waals surface area contributed by atoms with Crippen LogP contribution in [0.3, 0.4) is 0 Å². The number of nitrogens with one attached hydrogen (secondary N) is 1. The van der Waals surface area contributed by atoms with E-state index >= 15 is 0 Å². The van der Waals surface area contributed by atoms with E-state index in [1.54, 1.807) is 6.26 Å². The molecule has 0 spiro atoms. The highest BCUT2D eigenvalue weighted by Gasteiger charge is 2.20. The fourth-order valence-corrected chi connectivity index (χ4v) is 4.79. The molecule has 0 unspecified atom stereocenters. The van der Waals surface area contributed by atoms with Crippen LogP contribution in [0, 0.1) is 6.92 Å². The Morgan fingerprint density at radius 2 is 1.83 bits per heavy atom. The second kappa shape index (κ2) is 9.35. The Kier molecular flexibility index (Phi) is 5.76. The number of nitrogens with zero attached hydrogens (tertiary/aromatic N) is 5. The van der Waals surface area contributed by atoms with Crippen molar-refractivity contribution in [2.45, 2.75) is 32.9 Å². The van der Waals surface area contributed by atoms with Crippen molar-refractivity contribution in [3.8, 4) is 11.6 Å². The van der Waals surface area contributed by atoms with Gasteiger partial charge in [-0.1, -0.05) is 48.5 Å². The molecular weight excluding hydrogens is 436 g/mol. The lowest BCUT2D eigenvalue weighted by Crippen LogP contribution is -2.30. The van der Waals surface area contributed by atoms with Gasteiger partial charge in [-0.25, -0.2) is 9.97 Å². The number of aromatic nitrogens is 4. The third-order valence-electron chi connectivity index (χ3n) is 6.72. The summed E-state index contributed by atoms with van der Waals surface area (Å²) in [4.78, 5) is 12.1. The van der Waals surface area contributed by atoms with Crippen molar-refractivity contribution in [2.24, 2.45) is 0 Å². The van der Waals surface area contributed by atoms with Gasteiger partial charge in [-0.05, 0) is 54.2 Å². The molecule has 2 aromatic carbocycles. The van der Waals surface area contributed by atoms with Crippen molar-refractivity contribution >= 4 is 11.6 Å². The number of benzene rings is 2. The minimum atomic E-state index is 0.565. The van der Waals surface area contributed by atoms with E-state index in [-0.39, 0.29) is 0 Å². The molecule has 0 aliphatic carbocycles. The lowest BCUT2D eigenvalue weighted by atomic mass is 10.00. The first-order valence-electron chi connectivity index (χ1n) is 12.1. The second-order valence-electron chi connectivity index (χ2n) is 9.09. The van der Waals surface area contributed by atoms with Gasteiger partial charge in [0.25, 0.3) is 0 Å². The van der Waals surface area contributed by atoms with Gasteiger partial charge in [0.05, 0.1) is 6.26 Å². The van der Waals surface area contributed by atoms with E-state index in [1.165, 1.54) is 22.3 Å². The zero-order chi connectivity index (χ0) is 23.6. The molecule has 0 bridgehead atoms. The van der Waals surface area contributed by atoms with Gasteiger partial charge in [-0.3, -0.25) is 4.90 Å². The first-order valence-corrected chi connectivity index (χ1v) is 12.1. The Bertz CT molecular complexity index is 1460. The van der Waals surface area contributed by atoms with Gasteiger partial charge in [-0.2, -0.15) is 4.52 Å². The van der Waals surface area contributed by atoms with E-state index in [9.17, 15) is 0 Å². The maximum Gasteiger partial charge on any atom is 0.225 e. The standard InChI is InChI=1S/C28H28N6O/c1-20-7-2-3-8-21(20)12-14-29-28-30-17-24(19-33-15-13-22-9-4-5-10-23(22)18-33)27-31-26(32-34(27)28)25-11-6-16-35-25/h2-11,16-17H,12-15,18-19H2,1H3,(H,29,30). The fourth-order valence-electron chi connectivity index (χ4n) is 4.79. The minimum absolute atomic E-state index is 0.565. The third kappa shape index (κ3) is 4.42. The highest BCUT2D eigenvalue weighted by Crippen LogP contribution is 2.24. The van der Waals surface area contributed by atoms with Crippen molar-refractivity contribution in [2.75, 3.05) is 18.4 Å². The molecule has 4 heterocycles. The Balaban J connectivity index is 1.28. The van der Waals surface area contributed by atoms with Gasteiger partial charge in [0.1, 0.15) is 0 Å². The molecule has 0 fully saturated rings. The Hall–Kier alpha value is -3.97. The molecule has 1 aliphatic rings. The predicted molar refractivity (Wildman–Crippen MR) is 136 cm³/mol. The van der Waals surface area contributed by atoms with Crippen LogP contribution in [0.2, 0.25) is 0 Å². The van der Waals surface area contributed by atoms with Crippen LogP contribution in [-0.2, 0) is 25.9 Å². The van der Waals surface area contributed by atoms with Crippen molar-refractivity contribution in [3.05, 3.63) is 101 Å². The van der Waals surface area contributed by atoms with Crippen molar-refractivity contribution < 1.29 is 4.42 Å². The van der Waals surface area contributed by atoms with Crippen molar-refractivity contribution in [3.63, 3.8) is 0 Å². The maximum absolute atomic E-state index is 5.58. The van der Waals surface area contributed by atoms with Crippen molar-refractivity contribution in [1.82, 2.24) is 24.5 Å². The topological polar surface area (TPSA) is 71.5 Å². The average Bonchev–Trinajstić information content (AvgIpc) is 3.57. The third-order valence-corrected chi connectivity index (χ3v) is 6.72. The van der Waals surface area contributed by atoms with Gasteiger partial charge in [0, 0.05) is 37.9 Å². The molecule has 0 amide bonds. The number of rotatable bonds is 7. The van der Waals surface area contributed by atoms with E-state index in [2.05, 4.69) is 65.7 Å². The zero-order valence-corrected chi connectivity index (χ0v) is 19.8. The normalized spacial score (nSPS) is 13.7. The summed E-state index contributed by atoms with van der Waals surface area (Å²) in [6.07, 6.45) is 5.55.